The lowest BCUT2D eigenvalue weighted by atomic mass is 10.1. The minimum atomic E-state index is -1.05. The molecule has 0 saturated heterocycles. The van der Waals surface area contributed by atoms with Crippen molar-refractivity contribution in [2.45, 2.75) is 20.3 Å². The van der Waals surface area contributed by atoms with Crippen molar-refractivity contribution in [2.75, 3.05) is 0 Å². The van der Waals surface area contributed by atoms with Crippen LogP contribution in [0.25, 0.3) is 0 Å². The standard InChI is InChI=1S/C7H10O2/c1-3-6(2)4-5-7(8)9/h6H,3H2,1-2H3,(H,8,9). The molecule has 9 heavy (non-hydrogen) atoms. The highest BCUT2D eigenvalue weighted by molar-refractivity contribution is 5.86. The second-order valence-corrected chi connectivity index (χ2v) is 1.88. The van der Waals surface area contributed by atoms with Crippen molar-refractivity contribution in [1.82, 2.24) is 0 Å². The molecule has 50 valence electrons. The molecule has 0 aliphatic heterocycles. The van der Waals surface area contributed by atoms with Gasteiger partial charge < -0.3 is 5.11 Å². The summed E-state index contributed by atoms with van der Waals surface area (Å²) in [7, 11) is 0. The number of aliphatic carboxylic acids is 1. The summed E-state index contributed by atoms with van der Waals surface area (Å²) in [6.07, 6.45) is 0.903. The Bertz CT molecular complexity index is 150. The predicted octanol–water partition coefficient (Wildman–Crippen LogP) is 1.12. The van der Waals surface area contributed by atoms with Crippen LogP contribution in [0.5, 0.6) is 0 Å². The molecule has 1 N–H and O–H groups in total. The number of carboxylic acid groups (broad SMARTS) is 1. The summed E-state index contributed by atoms with van der Waals surface area (Å²) < 4.78 is 0. The molecule has 0 bridgehead atoms. The van der Waals surface area contributed by atoms with E-state index in [1.165, 1.54) is 0 Å². The molecule has 0 aromatic heterocycles. The topological polar surface area (TPSA) is 37.3 Å². The molecule has 0 amide bonds. The molecular weight excluding hydrogens is 116 g/mol. The van der Waals surface area contributed by atoms with E-state index in [9.17, 15) is 4.79 Å². The van der Waals surface area contributed by atoms with Gasteiger partial charge in [-0.3, -0.25) is 0 Å². The molecule has 0 fully saturated rings. The van der Waals surface area contributed by atoms with E-state index in [2.05, 4.69) is 11.8 Å². The average Bonchev–Trinajstić information content (AvgIpc) is 1.83. The van der Waals surface area contributed by atoms with Crippen LogP contribution in [-0.2, 0) is 4.79 Å². The highest BCUT2D eigenvalue weighted by atomic mass is 16.4. The zero-order valence-corrected chi connectivity index (χ0v) is 5.64. The van der Waals surface area contributed by atoms with Crippen LogP contribution in [0.15, 0.2) is 0 Å². The molecule has 0 heterocycles. The Balaban J connectivity index is 3.72. The fourth-order valence-electron chi connectivity index (χ4n) is 0.287. The van der Waals surface area contributed by atoms with E-state index in [0.29, 0.717) is 0 Å². The molecule has 0 aliphatic carbocycles. The number of carbonyl (C=O) groups is 1. The summed E-state index contributed by atoms with van der Waals surface area (Å²) in [4.78, 5) is 9.85. The lowest BCUT2D eigenvalue weighted by molar-refractivity contribution is -0.130. The van der Waals surface area contributed by atoms with E-state index in [4.69, 9.17) is 5.11 Å². The van der Waals surface area contributed by atoms with Gasteiger partial charge in [0.1, 0.15) is 0 Å². The second kappa shape index (κ2) is 3.96. The molecule has 0 rings (SSSR count). The van der Waals surface area contributed by atoms with Gasteiger partial charge in [0.05, 0.1) is 0 Å². The molecular formula is C7H10O2. The van der Waals surface area contributed by atoms with E-state index in [1.807, 2.05) is 13.8 Å². The molecule has 0 aliphatic rings. The van der Waals surface area contributed by atoms with Crippen LogP contribution in [0, 0.1) is 17.8 Å². The van der Waals surface area contributed by atoms with E-state index in [0.717, 1.165) is 6.42 Å². The van der Waals surface area contributed by atoms with E-state index in [1.54, 1.807) is 0 Å². The third kappa shape index (κ3) is 4.89. The minimum absolute atomic E-state index is 0.195. The molecule has 1 atom stereocenters. The first kappa shape index (κ1) is 8.03. The molecule has 0 aromatic rings. The molecule has 0 spiro atoms. The Hall–Kier alpha value is -0.970. The largest absolute Gasteiger partial charge is 0.472 e. The lowest BCUT2D eigenvalue weighted by Gasteiger charge is -1.92. The number of rotatable bonds is 1. The first-order chi connectivity index (χ1) is 4.16. The van der Waals surface area contributed by atoms with Crippen LogP contribution in [0.3, 0.4) is 0 Å². The summed E-state index contributed by atoms with van der Waals surface area (Å²) in [6, 6.07) is 0. The predicted molar refractivity (Wildman–Crippen MR) is 34.9 cm³/mol. The van der Waals surface area contributed by atoms with Crippen LogP contribution >= 0.6 is 0 Å². The first-order valence-electron chi connectivity index (χ1n) is 2.91. The van der Waals surface area contributed by atoms with Crippen LogP contribution < -0.4 is 0 Å². The van der Waals surface area contributed by atoms with Gasteiger partial charge in [0.2, 0.25) is 0 Å². The van der Waals surface area contributed by atoms with Gasteiger partial charge in [-0.1, -0.05) is 19.8 Å². The van der Waals surface area contributed by atoms with Gasteiger partial charge in [0.15, 0.2) is 0 Å². The van der Waals surface area contributed by atoms with E-state index >= 15 is 0 Å². The van der Waals surface area contributed by atoms with Gasteiger partial charge in [-0.2, -0.15) is 0 Å². The van der Waals surface area contributed by atoms with Gasteiger partial charge in [0.25, 0.3) is 0 Å². The normalized spacial score (nSPS) is 11.3. The monoisotopic (exact) mass is 126 g/mol. The molecule has 1 unspecified atom stereocenters. The smallest absolute Gasteiger partial charge is 0.381 e. The fraction of sp³-hybridized carbons (Fsp3) is 0.571. The van der Waals surface area contributed by atoms with Crippen molar-refractivity contribution in [2.24, 2.45) is 5.92 Å². The molecule has 2 heteroatoms. The van der Waals surface area contributed by atoms with Crippen molar-refractivity contribution in [3.63, 3.8) is 0 Å². The minimum Gasteiger partial charge on any atom is -0.472 e. The van der Waals surface area contributed by atoms with Crippen LogP contribution in [0.1, 0.15) is 20.3 Å². The summed E-state index contributed by atoms with van der Waals surface area (Å²) in [5.41, 5.74) is 0. The van der Waals surface area contributed by atoms with Crippen LogP contribution in [-0.4, -0.2) is 11.1 Å². The second-order valence-electron chi connectivity index (χ2n) is 1.88. The Labute approximate surface area is 54.9 Å². The van der Waals surface area contributed by atoms with E-state index in [-0.39, 0.29) is 5.92 Å². The lowest BCUT2D eigenvalue weighted by Crippen LogP contribution is -1.91. The van der Waals surface area contributed by atoms with Crippen molar-refractivity contribution in [3.05, 3.63) is 0 Å². The van der Waals surface area contributed by atoms with Crippen LogP contribution in [0.2, 0.25) is 0 Å². The average molecular weight is 126 g/mol. The number of hydrogen-bond donors (Lipinski definition) is 1. The quantitative estimate of drug-likeness (QED) is 0.534. The van der Waals surface area contributed by atoms with Gasteiger partial charge >= 0.3 is 5.97 Å². The van der Waals surface area contributed by atoms with E-state index < -0.39 is 5.97 Å². The maximum Gasteiger partial charge on any atom is 0.381 e. The van der Waals surface area contributed by atoms with Crippen molar-refractivity contribution < 1.29 is 9.90 Å². The van der Waals surface area contributed by atoms with Crippen molar-refractivity contribution in [1.29, 1.82) is 0 Å². The van der Waals surface area contributed by atoms with Crippen molar-refractivity contribution in [3.8, 4) is 11.8 Å². The summed E-state index contributed by atoms with van der Waals surface area (Å²) in [6.45, 7) is 3.87. The highest BCUT2D eigenvalue weighted by Gasteiger charge is 1.90. The van der Waals surface area contributed by atoms with Gasteiger partial charge in [-0.15, -0.1) is 0 Å². The maximum absolute atomic E-state index is 9.85. The van der Waals surface area contributed by atoms with Crippen LogP contribution in [0.4, 0.5) is 0 Å². The molecule has 0 radical (unpaired) electrons. The Morgan fingerprint density at radius 2 is 2.33 bits per heavy atom. The molecule has 2 nitrogen and oxygen atoms in total. The molecule has 0 saturated carbocycles. The zero-order chi connectivity index (χ0) is 7.28. The first-order valence-corrected chi connectivity index (χ1v) is 2.91. The van der Waals surface area contributed by atoms with Crippen molar-refractivity contribution >= 4 is 5.97 Å². The summed E-state index contributed by atoms with van der Waals surface area (Å²) >= 11 is 0. The van der Waals surface area contributed by atoms with Gasteiger partial charge in [0, 0.05) is 11.8 Å². The maximum atomic E-state index is 9.85. The zero-order valence-electron chi connectivity index (χ0n) is 5.64. The van der Waals surface area contributed by atoms with Gasteiger partial charge in [-0.05, 0) is 6.42 Å². The number of hydrogen-bond acceptors (Lipinski definition) is 1. The highest BCUT2D eigenvalue weighted by Crippen LogP contribution is 1.95. The Morgan fingerprint density at radius 1 is 1.78 bits per heavy atom. The Kier molecular flexibility index (Phi) is 3.54. The fourth-order valence-corrected chi connectivity index (χ4v) is 0.287. The summed E-state index contributed by atoms with van der Waals surface area (Å²) in [5.74, 6) is 3.79. The third-order valence-corrected chi connectivity index (χ3v) is 1.04. The summed E-state index contributed by atoms with van der Waals surface area (Å²) in [5, 5.41) is 8.08. The number of carboxylic acids is 1. The molecule has 0 aromatic carbocycles. The SMILES string of the molecule is CCC(C)C#CC(=O)O. The Morgan fingerprint density at radius 3 is 2.67 bits per heavy atom. The third-order valence-electron chi connectivity index (χ3n) is 1.04. The van der Waals surface area contributed by atoms with Gasteiger partial charge in [-0.25, -0.2) is 4.79 Å².